The topological polar surface area (TPSA) is 47.4 Å². The Morgan fingerprint density at radius 1 is 1.00 bits per heavy atom. The molecule has 0 atom stereocenters. The van der Waals surface area contributed by atoms with Gasteiger partial charge in [0.15, 0.2) is 0 Å². The standard InChI is InChI=1S/C18H10FN5/c1-20-17-10-23-16-7-4-12(11-24(16)17)14-3-2-8-21-18(14)15-6-5-13(19)9-22-15/h2-11H. The summed E-state index contributed by atoms with van der Waals surface area (Å²) < 4.78 is 14.9. The Labute approximate surface area is 136 Å². The second-order valence-corrected chi connectivity index (χ2v) is 5.14. The Morgan fingerprint density at radius 3 is 2.71 bits per heavy atom. The van der Waals surface area contributed by atoms with Crippen molar-refractivity contribution in [2.45, 2.75) is 0 Å². The molecular weight excluding hydrogens is 305 g/mol. The van der Waals surface area contributed by atoms with Crippen LogP contribution >= 0.6 is 0 Å². The first-order chi connectivity index (χ1) is 11.8. The second kappa shape index (κ2) is 5.56. The molecule has 6 heteroatoms. The quantitative estimate of drug-likeness (QED) is 0.522. The number of nitrogens with zero attached hydrogens (tertiary/aromatic N) is 5. The highest BCUT2D eigenvalue weighted by Crippen LogP contribution is 2.30. The van der Waals surface area contributed by atoms with E-state index < -0.39 is 5.82 Å². The van der Waals surface area contributed by atoms with Crippen LogP contribution in [0.3, 0.4) is 0 Å². The van der Waals surface area contributed by atoms with Gasteiger partial charge in [0.2, 0.25) is 5.65 Å². The summed E-state index contributed by atoms with van der Waals surface area (Å²) in [5.74, 6) is 0.0509. The van der Waals surface area contributed by atoms with Gasteiger partial charge >= 0.3 is 0 Å². The molecule has 0 bridgehead atoms. The van der Waals surface area contributed by atoms with Gasteiger partial charge in [0.25, 0.3) is 5.82 Å². The lowest BCUT2D eigenvalue weighted by Crippen LogP contribution is -1.93. The molecule has 0 saturated carbocycles. The minimum absolute atomic E-state index is 0.391. The van der Waals surface area contributed by atoms with Crippen molar-refractivity contribution in [3.8, 4) is 22.5 Å². The van der Waals surface area contributed by atoms with Gasteiger partial charge in [-0.05, 0) is 24.3 Å². The van der Waals surface area contributed by atoms with Gasteiger partial charge in [-0.25, -0.2) is 13.8 Å². The van der Waals surface area contributed by atoms with Gasteiger partial charge in [-0.1, -0.05) is 12.6 Å². The average molecular weight is 315 g/mol. The van der Waals surface area contributed by atoms with E-state index in [1.807, 2.05) is 30.5 Å². The predicted octanol–water partition coefficient (Wildman–Crippen LogP) is 4.15. The predicted molar refractivity (Wildman–Crippen MR) is 87.9 cm³/mol. The van der Waals surface area contributed by atoms with Gasteiger partial charge in [-0.3, -0.25) is 9.97 Å². The van der Waals surface area contributed by atoms with E-state index in [4.69, 9.17) is 6.57 Å². The molecule has 4 aromatic rings. The van der Waals surface area contributed by atoms with Gasteiger partial charge in [-0.2, -0.15) is 0 Å². The molecule has 0 radical (unpaired) electrons. The molecule has 0 fully saturated rings. The first-order valence-corrected chi connectivity index (χ1v) is 7.18. The van der Waals surface area contributed by atoms with E-state index in [2.05, 4.69) is 19.8 Å². The molecule has 4 rings (SSSR count). The number of pyridine rings is 3. The number of rotatable bonds is 2. The number of imidazole rings is 1. The van der Waals surface area contributed by atoms with Crippen LogP contribution in [-0.2, 0) is 0 Å². The monoisotopic (exact) mass is 315 g/mol. The summed E-state index contributed by atoms with van der Waals surface area (Å²) in [7, 11) is 0. The number of aromatic nitrogens is 4. The number of hydrogen-bond acceptors (Lipinski definition) is 3. The molecule has 0 aliphatic heterocycles. The van der Waals surface area contributed by atoms with Crippen molar-refractivity contribution in [3.05, 3.63) is 78.4 Å². The van der Waals surface area contributed by atoms with Crippen LogP contribution in [-0.4, -0.2) is 19.4 Å². The molecule has 0 N–H and O–H groups in total. The smallest absolute Gasteiger partial charge is 0.254 e. The molecule has 4 aromatic heterocycles. The van der Waals surface area contributed by atoms with Crippen molar-refractivity contribution in [3.63, 3.8) is 0 Å². The van der Waals surface area contributed by atoms with Gasteiger partial charge < -0.3 is 4.85 Å². The Hall–Kier alpha value is -3.59. The lowest BCUT2D eigenvalue weighted by atomic mass is 10.0. The summed E-state index contributed by atoms with van der Waals surface area (Å²) in [6.07, 6.45) is 6.23. The highest BCUT2D eigenvalue weighted by Gasteiger charge is 2.13. The number of hydrogen-bond donors (Lipinski definition) is 0. The fourth-order valence-corrected chi connectivity index (χ4v) is 2.57. The normalized spacial score (nSPS) is 10.7. The third kappa shape index (κ3) is 2.29. The fraction of sp³-hybridized carbons (Fsp3) is 0. The zero-order chi connectivity index (χ0) is 16.5. The Balaban J connectivity index is 1.91. The third-order valence-electron chi connectivity index (χ3n) is 3.69. The van der Waals surface area contributed by atoms with E-state index in [1.165, 1.54) is 18.5 Å². The minimum Gasteiger partial charge on any atom is -0.362 e. The summed E-state index contributed by atoms with van der Waals surface area (Å²) in [6.45, 7) is 7.22. The van der Waals surface area contributed by atoms with Crippen LogP contribution < -0.4 is 0 Å². The maximum absolute atomic E-state index is 13.1. The lowest BCUT2D eigenvalue weighted by molar-refractivity contribution is 0.622. The second-order valence-electron chi connectivity index (χ2n) is 5.14. The summed E-state index contributed by atoms with van der Waals surface area (Å²) in [6, 6.07) is 10.5. The highest BCUT2D eigenvalue weighted by atomic mass is 19.1. The summed E-state index contributed by atoms with van der Waals surface area (Å²) in [4.78, 5) is 16.2. The lowest BCUT2D eigenvalue weighted by Gasteiger charge is -2.08. The molecule has 0 aliphatic carbocycles. The van der Waals surface area contributed by atoms with Crippen LogP contribution in [0.1, 0.15) is 0 Å². The molecule has 0 amide bonds. The molecule has 0 unspecified atom stereocenters. The summed E-state index contributed by atoms with van der Waals surface area (Å²) in [5, 5.41) is 0. The minimum atomic E-state index is -0.391. The van der Waals surface area contributed by atoms with Gasteiger partial charge in [0.1, 0.15) is 5.82 Å². The van der Waals surface area contributed by atoms with E-state index in [0.717, 1.165) is 11.1 Å². The molecule has 0 aliphatic rings. The van der Waals surface area contributed by atoms with E-state index in [-0.39, 0.29) is 0 Å². The van der Waals surface area contributed by atoms with E-state index in [1.54, 1.807) is 16.7 Å². The van der Waals surface area contributed by atoms with Crippen molar-refractivity contribution in [2.24, 2.45) is 0 Å². The molecule has 0 spiro atoms. The van der Waals surface area contributed by atoms with Crippen LogP contribution in [0.2, 0.25) is 0 Å². The van der Waals surface area contributed by atoms with E-state index in [9.17, 15) is 4.39 Å². The molecular formula is C18H10FN5. The molecule has 0 aromatic carbocycles. The Bertz CT molecular complexity index is 1080. The number of halogens is 1. The molecule has 24 heavy (non-hydrogen) atoms. The van der Waals surface area contributed by atoms with E-state index in [0.29, 0.717) is 22.9 Å². The zero-order valence-corrected chi connectivity index (χ0v) is 12.4. The summed E-state index contributed by atoms with van der Waals surface area (Å²) in [5.41, 5.74) is 3.67. The van der Waals surface area contributed by atoms with Crippen molar-refractivity contribution in [2.75, 3.05) is 0 Å². The molecule has 0 saturated heterocycles. The Kier molecular flexibility index (Phi) is 3.25. The first-order valence-electron chi connectivity index (χ1n) is 7.18. The van der Waals surface area contributed by atoms with Crippen LogP contribution in [0.25, 0.3) is 33.0 Å². The van der Waals surface area contributed by atoms with Crippen molar-refractivity contribution in [1.29, 1.82) is 0 Å². The number of fused-ring (bicyclic) bond motifs is 1. The van der Waals surface area contributed by atoms with Gasteiger partial charge in [0, 0.05) is 23.4 Å². The van der Waals surface area contributed by atoms with Gasteiger partial charge in [-0.15, -0.1) is 0 Å². The maximum Gasteiger partial charge on any atom is 0.254 e. The summed E-state index contributed by atoms with van der Waals surface area (Å²) >= 11 is 0. The zero-order valence-electron chi connectivity index (χ0n) is 12.4. The van der Waals surface area contributed by atoms with Crippen molar-refractivity contribution < 1.29 is 4.39 Å². The highest BCUT2D eigenvalue weighted by molar-refractivity contribution is 5.79. The van der Waals surface area contributed by atoms with Crippen molar-refractivity contribution in [1.82, 2.24) is 19.4 Å². The Morgan fingerprint density at radius 2 is 1.92 bits per heavy atom. The van der Waals surface area contributed by atoms with Crippen LogP contribution in [0.5, 0.6) is 0 Å². The molecule has 4 heterocycles. The fourth-order valence-electron chi connectivity index (χ4n) is 2.57. The van der Waals surface area contributed by atoms with E-state index >= 15 is 0 Å². The third-order valence-corrected chi connectivity index (χ3v) is 3.69. The average Bonchev–Trinajstić information content (AvgIpc) is 3.04. The SMILES string of the molecule is [C-]#[N+]c1cnc2ccc(-c3cccnc3-c3ccc(F)cn3)cn12. The molecule has 5 nitrogen and oxygen atoms in total. The first kappa shape index (κ1) is 14.0. The van der Waals surface area contributed by atoms with Gasteiger partial charge in [0.05, 0.1) is 30.0 Å². The van der Waals surface area contributed by atoms with Crippen LogP contribution in [0.4, 0.5) is 10.2 Å². The van der Waals surface area contributed by atoms with Crippen LogP contribution in [0, 0.1) is 12.4 Å². The van der Waals surface area contributed by atoms with Crippen LogP contribution in [0.15, 0.2) is 61.2 Å². The van der Waals surface area contributed by atoms with Crippen molar-refractivity contribution >= 4 is 11.5 Å². The largest absolute Gasteiger partial charge is 0.362 e. The maximum atomic E-state index is 13.1. The molecule has 114 valence electrons.